The third kappa shape index (κ3) is 4.55. The summed E-state index contributed by atoms with van der Waals surface area (Å²) < 4.78 is 2.14. The van der Waals surface area contributed by atoms with Gasteiger partial charge in [0.05, 0.1) is 6.42 Å². The Morgan fingerprint density at radius 1 is 1.07 bits per heavy atom. The van der Waals surface area contributed by atoms with Gasteiger partial charge >= 0.3 is 5.97 Å². The number of benzene rings is 2. The SMILES string of the molecule is CCN(CC)C(C)c1c(-c2ccc(Cl)cc2)c(CC(=O)O)cn1-c1ccccc1. The Morgan fingerprint density at radius 3 is 2.24 bits per heavy atom. The Morgan fingerprint density at radius 2 is 1.69 bits per heavy atom. The molecule has 0 amide bonds. The maximum atomic E-state index is 11.6. The third-order valence-electron chi connectivity index (χ3n) is 5.39. The molecule has 4 nitrogen and oxygen atoms in total. The van der Waals surface area contributed by atoms with Crippen molar-refractivity contribution in [2.75, 3.05) is 13.1 Å². The van der Waals surface area contributed by atoms with E-state index >= 15 is 0 Å². The molecule has 1 aromatic heterocycles. The number of carboxylic acids is 1. The van der Waals surface area contributed by atoms with E-state index in [0.717, 1.165) is 41.2 Å². The molecule has 1 N–H and O–H groups in total. The first-order chi connectivity index (χ1) is 14.0. The zero-order valence-corrected chi connectivity index (χ0v) is 17.9. The van der Waals surface area contributed by atoms with Crippen molar-refractivity contribution in [2.45, 2.75) is 33.2 Å². The highest BCUT2D eigenvalue weighted by Crippen LogP contribution is 2.38. The lowest BCUT2D eigenvalue weighted by Crippen LogP contribution is -2.28. The van der Waals surface area contributed by atoms with Gasteiger partial charge in [-0.2, -0.15) is 0 Å². The zero-order chi connectivity index (χ0) is 21.0. The number of nitrogens with zero attached hydrogens (tertiary/aromatic N) is 2. The number of rotatable bonds is 8. The zero-order valence-electron chi connectivity index (χ0n) is 17.1. The molecule has 0 aliphatic heterocycles. The molecule has 1 atom stereocenters. The van der Waals surface area contributed by atoms with E-state index < -0.39 is 5.97 Å². The number of hydrogen-bond acceptors (Lipinski definition) is 2. The summed E-state index contributed by atoms with van der Waals surface area (Å²) in [6.45, 7) is 8.30. The first-order valence-corrected chi connectivity index (χ1v) is 10.3. The Kier molecular flexibility index (Phi) is 6.78. The number of carboxylic acid groups (broad SMARTS) is 1. The van der Waals surface area contributed by atoms with Gasteiger partial charge in [-0.3, -0.25) is 9.69 Å². The summed E-state index contributed by atoms with van der Waals surface area (Å²) in [7, 11) is 0. The van der Waals surface area contributed by atoms with Gasteiger partial charge in [0.1, 0.15) is 0 Å². The normalized spacial score (nSPS) is 12.3. The van der Waals surface area contributed by atoms with Crippen LogP contribution in [0.2, 0.25) is 5.02 Å². The fourth-order valence-corrected chi connectivity index (χ4v) is 4.10. The van der Waals surface area contributed by atoms with Crippen molar-refractivity contribution in [1.29, 1.82) is 0 Å². The number of para-hydroxylation sites is 1. The second kappa shape index (κ2) is 9.29. The fourth-order valence-electron chi connectivity index (χ4n) is 3.98. The molecule has 0 bridgehead atoms. The van der Waals surface area contributed by atoms with Gasteiger partial charge in [0.25, 0.3) is 0 Å². The van der Waals surface area contributed by atoms with E-state index in [-0.39, 0.29) is 12.5 Å². The van der Waals surface area contributed by atoms with Crippen LogP contribution < -0.4 is 0 Å². The highest BCUT2D eigenvalue weighted by Gasteiger charge is 2.26. The van der Waals surface area contributed by atoms with E-state index in [4.69, 9.17) is 11.6 Å². The van der Waals surface area contributed by atoms with Crippen molar-refractivity contribution in [3.63, 3.8) is 0 Å². The number of hydrogen-bond donors (Lipinski definition) is 1. The fraction of sp³-hybridized carbons (Fsp3) is 0.292. The molecule has 0 aliphatic rings. The predicted octanol–water partition coefficient (Wildman–Crippen LogP) is 5.83. The smallest absolute Gasteiger partial charge is 0.307 e. The summed E-state index contributed by atoms with van der Waals surface area (Å²) >= 11 is 6.11. The molecule has 3 rings (SSSR count). The Balaban J connectivity index is 2.31. The van der Waals surface area contributed by atoms with E-state index in [2.05, 4.69) is 42.4 Å². The van der Waals surface area contributed by atoms with Gasteiger partial charge in [0.15, 0.2) is 0 Å². The van der Waals surface area contributed by atoms with Gasteiger partial charge in [-0.05, 0) is 55.4 Å². The molecular weight excluding hydrogens is 384 g/mol. The van der Waals surface area contributed by atoms with Crippen molar-refractivity contribution in [1.82, 2.24) is 9.47 Å². The summed E-state index contributed by atoms with van der Waals surface area (Å²) in [5, 5.41) is 10.2. The first-order valence-electron chi connectivity index (χ1n) is 9.97. The molecule has 2 aromatic carbocycles. The van der Waals surface area contributed by atoms with Crippen LogP contribution in [0, 0.1) is 0 Å². The maximum absolute atomic E-state index is 11.6. The topological polar surface area (TPSA) is 45.5 Å². The molecule has 29 heavy (non-hydrogen) atoms. The average molecular weight is 411 g/mol. The van der Waals surface area contributed by atoms with Crippen LogP contribution in [0.5, 0.6) is 0 Å². The summed E-state index contributed by atoms with van der Waals surface area (Å²) in [6, 6.07) is 17.8. The molecule has 1 unspecified atom stereocenters. The van der Waals surface area contributed by atoms with Gasteiger partial charge < -0.3 is 9.67 Å². The maximum Gasteiger partial charge on any atom is 0.307 e. The monoisotopic (exact) mass is 410 g/mol. The van der Waals surface area contributed by atoms with Crippen LogP contribution >= 0.6 is 11.6 Å². The van der Waals surface area contributed by atoms with Gasteiger partial charge in [-0.25, -0.2) is 0 Å². The lowest BCUT2D eigenvalue weighted by Gasteiger charge is -2.29. The van der Waals surface area contributed by atoms with Gasteiger partial charge in [0.2, 0.25) is 0 Å². The predicted molar refractivity (Wildman–Crippen MR) is 119 cm³/mol. The van der Waals surface area contributed by atoms with Crippen molar-refractivity contribution in [2.24, 2.45) is 0 Å². The molecule has 0 saturated carbocycles. The van der Waals surface area contributed by atoms with Gasteiger partial charge in [0, 0.05) is 34.2 Å². The van der Waals surface area contributed by atoms with Crippen LogP contribution in [-0.4, -0.2) is 33.6 Å². The second-order valence-corrected chi connectivity index (χ2v) is 7.53. The summed E-state index contributed by atoms with van der Waals surface area (Å²) in [4.78, 5) is 14.0. The molecule has 5 heteroatoms. The molecule has 0 spiro atoms. The van der Waals surface area contributed by atoms with Crippen molar-refractivity contribution in [3.8, 4) is 16.8 Å². The molecule has 0 radical (unpaired) electrons. The summed E-state index contributed by atoms with van der Waals surface area (Å²) in [5.41, 5.74) is 4.88. The minimum atomic E-state index is -0.840. The van der Waals surface area contributed by atoms with Crippen molar-refractivity contribution >= 4 is 17.6 Å². The van der Waals surface area contributed by atoms with E-state index in [1.54, 1.807) is 0 Å². The van der Waals surface area contributed by atoms with E-state index in [0.29, 0.717) is 5.02 Å². The van der Waals surface area contributed by atoms with E-state index in [1.807, 2.05) is 48.7 Å². The molecule has 0 saturated heterocycles. The Bertz CT molecular complexity index is 961. The minimum absolute atomic E-state index is 0.0320. The van der Waals surface area contributed by atoms with E-state index in [1.165, 1.54) is 0 Å². The number of aliphatic carboxylic acids is 1. The number of halogens is 1. The van der Waals surface area contributed by atoms with E-state index in [9.17, 15) is 9.90 Å². The summed E-state index contributed by atoms with van der Waals surface area (Å²) in [5.74, 6) is -0.840. The first kappa shape index (κ1) is 21.2. The molecular formula is C24H27ClN2O2. The lowest BCUT2D eigenvalue weighted by atomic mass is 9.96. The second-order valence-electron chi connectivity index (χ2n) is 7.09. The Hall–Kier alpha value is -2.56. The molecule has 0 aliphatic carbocycles. The van der Waals surface area contributed by atoms with Gasteiger partial charge in [-0.15, -0.1) is 0 Å². The van der Waals surface area contributed by atoms with Crippen molar-refractivity contribution in [3.05, 3.63) is 77.1 Å². The lowest BCUT2D eigenvalue weighted by molar-refractivity contribution is -0.136. The molecule has 0 fully saturated rings. The highest BCUT2D eigenvalue weighted by molar-refractivity contribution is 6.30. The minimum Gasteiger partial charge on any atom is -0.481 e. The van der Waals surface area contributed by atoms with Gasteiger partial charge in [-0.1, -0.05) is 55.8 Å². The quantitative estimate of drug-likeness (QED) is 0.508. The number of aromatic nitrogens is 1. The Labute approximate surface area is 177 Å². The molecule has 152 valence electrons. The highest BCUT2D eigenvalue weighted by atomic mass is 35.5. The van der Waals surface area contributed by atoms with Crippen LogP contribution in [0.15, 0.2) is 60.8 Å². The van der Waals surface area contributed by atoms with Crippen LogP contribution in [0.1, 0.15) is 38.1 Å². The van der Waals surface area contributed by atoms with Crippen molar-refractivity contribution < 1.29 is 9.90 Å². The standard InChI is InChI=1S/C24H27ClN2O2/c1-4-26(5-2)17(3)24-23(18-11-13-20(25)14-12-18)19(15-22(28)29)16-27(24)21-9-7-6-8-10-21/h6-14,16-17H,4-5,15H2,1-3H3,(H,28,29). The summed E-state index contributed by atoms with van der Waals surface area (Å²) in [6.07, 6.45) is 1.94. The van der Waals surface area contributed by atoms with Crippen LogP contribution in [-0.2, 0) is 11.2 Å². The van der Waals surface area contributed by atoms with Crippen LogP contribution in [0.4, 0.5) is 0 Å². The van der Waals surface area contributed by atoms with Crippen LogP contribution in [0.3, 0.4) is 0 Å². The largest absolute Gasteiger partial charge is 0.481 e. The third-order valence-corrected chi connectivity index (χ3v) is 5.64. The molecule has 3 aromatic rings. The average Bonchev–Trinajstić information content (AvgIpc) is 3.08. The number of carbonyl (C=O) groups is 1. The van der Waals surface area contributed by atoms with Crippen LogP contribution in [0.25, 0.3) is 16.8 Å². The molecule has 1 heterocycles.